The molecule has 120 valence electrons. The van der Waals surface area contributed by atoms with Crippen molar-refractivity contribution in [1.29, 1.82) is 0 Å². The van der Waals surface area contributed by atoms with Crippen LogP contribution in [-0.4, -0.2) is 0 Å². The Morgan fingerprint density at radius 1 is 1.12 bits per heavy atom. The van der Waals surface area contributed by atoms with Gasteiger partial charge in [0.05, 0.1) is 0 Å². The van der Waals surface area contributed by atoms with Gasteiger partial charge in [-0.15, -0.1) is 0 Å². The van der Waals surface area contributed by atoms with Gasteiger partial charge in [-0.1, -0.05) is 49.1 Å². The van der Waals surface area contributed by atoms with Crippen LogP contribution in [-0.2, 0) is 6.61 Å². The minimum absolute atomic E-state index is 0.347. The van der Waals surface area contributed by atoms with Crippen LogP contribution in [0.3, 0.4) is 0 Å². The van der Waals surface area contributed by atoms with E-state index in [1.807, 2.05) is 55.5 Å². The molecule has 0 atom stereocenters. The van der Waals surface area contributed by atoms with Crippen molar-refractivity contribution in [3.8, 4) is 5.75 Å². The lowest BCUT2D eigenvalue weighted by atomic mass is 10.1. The Hall–Kier alpha value is -3.07. The Labute approximate surface area is 140 Å². The molecule has 0 spiro atoms. The molecule has 1 heterocycles. The lowest BCUT2D eigenvalue weighted by Gasteiger charge is -2.08. The molecule has 3 rings (SSSR count). The maximum Gasteiger partial charge on any atom is 0.336 e. The smallest absolute Gasteiger partial charge is 0.336 e. The predicted molar refractivity (Wildman–Crippen MR) is 97.2 cm³/mol. The molecule has 0 aliphatic carbocycles. The summed E-state index contributed by atoms with van der Waals surface area (Å²) in [4.78, 5) is 11.5. The Morgan fingerprint density at radius 2 is 1.92 bits per heavy atom. The molecule has 0 N–H and O–H groups in total. The second kappa shape index (κ2) is 7.01. The highest BCUT2D eigenvalue weighted by Crippen LogP contribution is 2.23. The summed E-state index contributed by atoms with van der Waals surface area (Å²) >= 11 is 0. The standard InChI is InChI=1S/C21H18O3/c1-3-4-5-16-6-8-17(9-7-16)14-23-18-10-11-19-15(2)12-21(22)24-20(19)13-18/h3-13H,1,14H2,2H3/b5-4+. The molecule has 3 heteroatoms. The normalized spacial score (nSPS) is 11.0. The fourth-order valence-corrected chi connectivity index (χ4v) is 2.47. The van der Waals surface area contributed by atoms with E-state index in [4.69, 9.17) is 9.15 Å². The average Bonchev–Trinajstić information content (AvgIpc) is 2.58. The van der Waals surface area contributed by atoms with E-state index < -0.39 is 0 Å². The molecule has 0 aliphatic heterocycles. The third-order valence-electron chi connectivity index (χ3n) is 3.73. The van der Waals surface area contributed by atoms with Crippen LogP contribution in [0.25, 0.3) is 17.0 Å². The van der Waals surface area contributed by atoms with Crippen molar-refractivity contribution in [3.63, 3.8) is 0 Å². The number of rotatable bonds is 5. The number of fused-ring (bicyclic) bond motifs is 1. The molecule has 24 heavy (non-hydrogen) atoms. The zero-order valence-corrected chi connectivity index (χ0v) is 13.5. The molecule has 0 radical (unpaired) electrons. The van der Waals surface area contributed by atoms with Crippen LogP contribution in [0.5, 0.6) is 5.75 Å². The molecule has 3 nitrogen and oxygen atoms in total. The molecule has 0 saturated heterocycles. The van der Waals surface area contributed by atoms with Crippen LogP contribution in [0.4, 0.5) is 0 Å². The van der Waals surface area contributed by atoms with E-state index in [0.29, 0.717) is 17.9 Å². The molecular formula is C21H18O3. The number of allylic oxidation sites excluding steroid dienone is 2. The first-order valence-corrected chi connectivity index (χ1v) is 7.71. The summed E-state index contributed by atoms with van der Waals surface area (Å²) in [6.45, 7) is 6.00. The Morgan fingerprint density at radius 3 is 2.67 bits per heavy atom. The van der Waals surface area contributed by atoms with Crippen molar-refractivity contribution < 1.29 is 9.15 Å². The number of benzene rings is 2. The van der Waals surface area contributed by atoms with Crippen molar-refractivity contribution >= 4 is 17.0 Å². The maximum absolute atomic E-state index is 11.5. The van der Waals surface area contributed by atoms with Crippen LogP contribution < -0.4 is 10.4 Å². The fourth-order valence-electron chi connectivity index (χ4n) is 2.47. The second-order valence-electron chi connectivity index (χ2n) is 5.53. The fraction of sp³-hybridized carbons (Fsp3) is 0.0952. The van der Waals surface area contributed by atoms with Crippen LogP contribution in [0.2, 0.25) is 0 Å². The zero-order valence-electron chi connectivity index (χ0n) is 13.5. The number of hydrogen-bond acceptors (Lipinski definition) is 3. The van der Waals surface area contributed by atoms with E-state index in [0.717, 1.165) is 22.1 Å². The Balaban J connectivity index is 1.74. The van der Waals surface area contributed by atoms with Crippen LogP contribution in [0.15, 0.2) is 76.5 Å². The first-order valence-electron chi connectivity index (χ1n) is 7.71. The monoisotopic (exact) mass is 318 g/mol. The van der Waals surface area contributed by atoms with Crippen LogP contribution in [0.1, 0.15) is 16.7 Å². The second-order valence-corrected chi connectivity index (χ2v) is 5.53. The van der Waals surface area contributed by atoms with Crippen molar-refractivity contribution in [3.05, 3.63) is 94.4 Å². The molecule has 0 unspecified atom stereocenters. The molecule has 2 aromatic carbocycles. The zero-order chi connectivity index (χ0) is 16.9. The molecule has 0 bridgehead atoms. The van der Waals surface area contributed by atoms with E-state index in [2.05, 4.69) is 6.58 Å². The summed E-state index contributed by atoms with van der Waals surface area (Å²) in [6, 6.07) is 15.1. The molecule has 0 fully saturated rings. The number of ether oxygens (including phenoxy) is 1. The van der Waals surface area contributed by atoms with E-state index in [1.54, 1.807) is 12.1 Å². The molecule has 0 aliphatic rings. The summed E-state index contributed by atoms with van der Waals surface area (Å²) in [5.41, 5.74) is 3.27. The Kier molecular flexibility index (Phi) is 4.62. The first kappa shape index (κ1) is 15.8. The third-order valence-corrected chi connectivity index (χ3v) is 3.73. The molecule has 0 saturated carbocycles. The highest BCUT2D eigenvalue weighted by molar-refractivity contribution is 5.81. The summed E-state index contributed by atoms with van der Waals surface area (Å²) in [5, 5.41) is 0.917. The van der Waals surface area contributed by atoms with Gasteiger partial charge in [-0.2, -0.15) is 0 Å². The van der Waals surface area contributed by atoms with E-state index in [-0.39, 0.29) is 5.63 Å². The summed E-state index contributed by atoms with van der Waals surface area (Å²) in [6.07, 6.45) is 5.64. The molecule has 3 aromatic rings. The van der Waals surface area contributed by atoms with E-state index >= 15 is 0 Å². The lowest BCUT2D eigenvalue weighted by Crippen LogP contribution is -1.99. The van der Waals surface area contributed by atoms with Gasteiger partial charge in [-0.3, -0.25) is 0 Å². The van der Waals surface area contributed by atoms with Gasteiger partial charge in [0.1, 0.15) is 17.9 Å². The lowest BCUT2D eigenvalue weighted by molar-refractivity contribution is 0.306. The summed E-state index contributed by atoms with van der Waals surface area (Å²) in [7, 11) is 0. The van der Waals surface area contributed by atoms with Crippen molar-refractivity contribution in [2.75, 3.05) is 0 Å². The van der Waals surface area contributed by atoms with Gasteiger partial charge >= 0.3 is 5.63 Å². The topological polar surface area (TPSA) is 39.4 Å². The van der Waals surface area contributed by atoms with Gasteiger partial charge in [0.15, 0.2) is 0 Å². The van der Waals surface area contributed by atoms with Crippen molar-refractivity contribution in [1.82, 2.24) is 0 Å². The minimum Gasteiger partial charge on any atom is -0.489 e. The molecule has 1 aromatic heterocycles. The molecular weight excluding hydrogens is 300 g/mol. The van der Waals surface area contributed by atoms with Gasteiger partial charge in [0.2, 0.25) is 0 Å². The van der Waals surface area contributed by atoms with Gasteiger partial charge in [0.25, 0.3) is 0 Å². The van der Waals surface area contributed by atoms with Crippen molar-refractivity contribution in [2.24, 2.45) is 0 Å². The highest BCUT2D eigenvalue weighted by Gasteiger charge is 2.04. The number of hydrogen-bond donors (Lipinski definition) is 0. The predicted octanol–water partition coefficient (Wildman–Crippen LogP) is 4.88. The highest BCUT2D eigenvalue weighted by atomic mass is 16.5. The minimum atomic E-state index is -0.347. The summed E-state index contributed by atoms with van der Waals surface area (Å²) < 4.78 is 11.0. The SMILES string of the molecule is C=C/C=C/c1ccc(COc2ccc3c(C)cc(=O)oc3c2)cc1. The largest absolute Gasteiger partial charge is 0.489 e. The molecule has 0 amide bonds. The van der Waals surface area contributed by atoms with Crippen LogP contribution >= 0.6 is 0 Å². The quantitative estimate of drug-likeness (QED) is 0.497. The maximum atomic E-state index is 11.5. The average molecular weight is 318 g/mol. The van der Waals surface area contributed by atoms with Crippen LogP contribution in [0, 0.1) is 6.92 Å². The summed E-state index contributed by atoms with van der Waals surface area (Å²) in [5.74, 6) is 0.673. The van der Waals surface area contributed by atoms with E-state index in [9.17, 15) is 4.79 Å². The number of aryl methyl sites for hydroxylation is 1. The van der Waals surface area contributed by atoms with E-state index in [1.165, 1.54) is 6.07 Å². The third kappa shape index (κ3) is 3.63. The Bertz CT molecular complexity index is 947. The van der Waals surface area contributed by atoms with Gasteiger partial charge in [-0.05, 0) is 35.7 Å². The van der Waals surface area contributed by atoms with Gasteiger partial charge < -0.3 is 9.15 Å². The van der Waals surface area contributed by atoms with Gasteiger partial charge in [-0.25, -0.2) is 4.79 Å². The van der Waals surface area contributed by atoms with Gasteiger partial charge in [0, 0.05) is 17.5 Å². The first-order chi connectivity index (χ1) is 11.7. The van der Waals surface area contributed by atoms with Crippen molar-refractivity contribution in [2.45, 2.75) is 13.5 Å².